The first-order valence-corrected chi connectivity index (χ1v) is 6.52. The molecule has 1 aromatic rings. The zero-order valence-electron chi connectivity index (χ0n) is 10.9. The summed E-state index contributed by atoms with van der Waals surface area (Å²) in [6.07, 6.45) is 5.45. The van der Waals surface area contributed by atoms with E-state index < -0.39 is 5.60 Å². The van der Waals surface area contributed by atoms with Crippen molar-refractivity contribution >= 4 is 0 Å². The molecule has 1 heterocycles. The molecule has 0 atom stereocenters. The molecular formula is C13H23N3O. The number of nitrogens with zero attached hydrogens (tertiary/aromatic N) is 2. The van der Waals surface area contributed by atoms with Crippen molar-refractivity contribution in [1.29, 1.82) is 0 Å². The van der Waals surface area contributed by atoms with Crippen LogP contribution in [0, 0.1) is 6.92 Å². The van der Waals surface area contributed by atoms with Gasteiger partial charge in [-0.2, -0.15) is 5.10 Å². The van der Waals surface area contributed by atoms with Crippen molar-refractivity contribution in [2.24, 2.45) is 7.05 Å². The summed E-state index contributed by atoms with van der Waals surface area (Å²) < 4.78 is 1.90. The van der Waals surface area contributed by atoms with Gasteiger partial charge in [-0.1, -0.05) is 19.3 Å². The number of hydrogen-bond acceptors (Lipinski definition) is 3. The second-order valence-corrected chi connectivity index (χ2v) is 5.29. The van der Waals surface area contributed by atoms with E-state index in [0.29, 0.717) is 6.54 Å². The third kappa shape index (κ3) is 3.30. The fourth-order valence-corrected chi connectivity index (χ4v) is 2.64. The second-order valence-electron chi connectivity index (χ2n) is 5.29. The first-order valence-electron chi connectivity index (χ1n) is 6.52. The molecule has 0 bridgehead atoms. The molecule has 0 aromatic carbocycles. The fraction of sp³-hybridized carbons (Fsp3) is 0.769. The van der Waals surface area contributed by atoms with Crippen LogP contribution in [0.15, 0.2) is 6.07 Å². The van der Waals surface area contributed by atoms with Crippen molar-refractivity contribution < 1.29 is 5.11 Å². The van der Waals surface area contributed by atoms with Crippen LogP contribution < -0.4 is 5.32 Å². The Morgan fingerprint density at radius 1 is 1.41 bits per heavy atom. The Hall–Kier alpha value is -0.870. The van der Waals surface area contributed by atoms with Crippen molar-refractivity contribution in [3.05, 3.63) is 17.5 Å². The SMILES string of the molecule is Cc1cc(CNCC2(O)CCCCC2)n(C)n1. The maximum Gasteiger partial charge on any atom is 0.0771 e. The predicted molar refractivity (Wildman–Crippen MR) is 67.7 cm³/mol. The first-order chi connectivity index (χ1) is 8.09. The molecule has 2 rings (SSSR count). The largest absolute Gasteiger partial charge is 0.389 e. The molecule has 1 aliphatic carbocycles. The Bertz CT molecular complexity index is 367. The number of nitrogens with one attached hydrogen (secondary N) is 1. The standard InChI is InChI=1S/C13H23N3O/c1-11-8-12(16(2)15-11)9-14-10-13(17)6-4-3-5-7-13/h8,14,17H,3-7,9-10H2,1-2H3. The molecule has 17 heavy (non-hydrogen) atoms. The van der Waals surface area contributed by atoms with E-state index in [-0.39, 0.29) is 0 Å². The van der Waals surface area contributed by atoms with Crippen molar-refractivity contribution in [1.82, 2.24) is 15.1 Å². The lowest BCUT2D eigenvalue weighted by atomic mass is 9.85. The van der Waals surface area contributed by atoms with Gasteiger partial charge in [0.15, 0.2) is 0 Å². The van der Waals surface area contributed by atoms with Gasteiger partial charge in [-0.15, -0.1) is 0 Å². The van der Waals surface area contributed by atoms with E-state index in [2.05, 4.69) is 16.5 Å². The minimum absolute atomic E-state index is 0.480. The molecule has 1 fully saturated rings. The minimum atomic E-state index is -0.480. The monoisotopic (exact) mass is 237 g/mol. The van der Waals surface area contributed by atoms with E-state index in [1.54, 1.807) is 0 Å². The molecule has 0 aliphatic heterocycles. The van der Waals surface area contributed by atoms with E-state index >= 15 is 0 Å². The van der Waals surface area contributed by atoms with E-state index in [9.17, 15) is 5.11 Å². The predicted octanol–water partition coefficient (Wildman–Crippen LogP) is 1.51. The van der Waals surface area contributed by atoms with Crippen LogP contribution in [-0.4, -0.2) is 27.0 Å². The molecule has 2 N–H and O–H groups in total. The summed E-state index contributed by atoms with van der Waals surface area (Å²) in [6, 6.07) is 2.08. The second kappa shape index (κ2) is 5.19. The number of aryl methyl sites for hydroxylation is 2. The number of aromatic nitrogens is 2. The lowest BCUT2D eigenvalue weighted by Crippen LogP contribution is -2.42. The number of rotatable bonds is 4. The van der Waals surface area contributed by atoms with Crippen LogP contribution >= 0.6 is 0 Å². The zero-order chi connectivity index (χ0) is 12.3. The molecule has 0 saturated heterocycles. The fourth-order valence-electron chi connectivity index (χ4n) is 2.64. The summed E-state index contributed by atoms with van der Waals surface area (Å²) in [5.41, 5.74) is 1.73. The highest BCUT2D eigenvalue weighted by Crippen LogP contribution is 2.27. The van der Waals surface area contributed by atoms with Crippen LogP contribution in [0.5, 0.6) is 0 Å². The van der Waals surface area contributed by atoms with Gasteiger partial charge in [0, 0.05) is 20.1 Å². The molecule has 0 amide bonds. The average molecular weight is 237 g/mol. The zero-order valence-corrected chi connectivity index (χ0v) is 10.9. The number of aliphatic hydroxyl groups is 1. The molecular weight excluding hydrogens is 214 g/mol. The summed E-state index contributed by atoms with van der Waals surface area (Å²) in [6.45, 7) is 3.47. The van der Waals surface area contributed by atoms with Crippen molar-refractivity contribution in [2.45, 2.75) is 51.2 Å². The summed E-state index contributed by atoms with van der Waals surface area (Å²) in [4.78, 5) is 0. The van der Waals surface area contributed by atoms with Gasteiger partial charge in [-0.25, -0.2) is 0 Å². The molecule has 1 aliphatic rings. The van der Waals surface area contributed by atoms with E-state index in [0.717, 1.165) is 37.9 Å². The van der Waals surface area contributed by atoms with Gasteiger partial charge in [0.05, 0.1) is 17.0 Å². The smallest absolute Gasteiger partial charge is 0.0771 e. The van der Waals surface area contributed by atoms with Crippen LogP contribution in [0.2, 0.25) is 0 Å². The van der Waals surface area contributed by atoms with Crippen LogP contribution in [0.25, 0.3) is 0 Å². The quantitative estimate of drug-likeness (QED) is 0.834. The van der Waals surface area contributed by atoms with Crippen LogP contribution in [0.3, 0.4) is 0 Å². The van der Waals surface area contributed by atoms with Gasteiger partial charge in [0.25, 0.3) is 0 Å². The topological polar surface area (TPSA) is 50.1 Å². The van der Waals surface area contributed by atoms with Gasteiger partial charge in [0.1, 0.15) is 0 Å². The molecule has 0 unspecified atom stereocenters. The molecule has 0 radical (unpaired) electrons. The maximum absolute atomic E-state index is 10.3. The highest BCUT2D eigenvalue weighted by molar-refractivity contribution is 5.08. The Morgan fingerprint density at radius 2 is 2.12 bits per heavy atom. The summed E-state index contributed by atoms with van der Waals surface area (Å²) in [7, 11) is 1.96. The van der Waals surface area contributed by atoms with Crippen LogP contribution in [-0.2, 0) is 13.6 Å². The molecule has 96 valence electrons. The first kappa shape index (κ1) is 12.6. The van der Waals surface area contributed by atoms with Gasteiger partial charge < -0.3 is 10.4 Å². The Balaban J connectivity index is 1.81. The lowest BCUT2D eigenvalue weighted by molar-refractivity contribution is 0.00456. The third-order valence-corrected chi connectivity index (χ3v) is 3.64. The maximum atomic E-state index is 10.3. The number of hydrogen-bond donors (Lipinski definition) is 2. The van der Waals surface area contributed by atoms with E-state index in [1.807, 2.05) is 18.7 Å². The summed E-state index contributed by atoms with van der Waals surface area (Å²) >= 11 is 0. The third-order valence-electron chi connectivity index (χ3n) is 3.64. The Morgan fingerprint density at radius 3 is 2.71 bits per heavy atom. The highest BCUT2D eigenvalue weighted by atomic mass is 16.3. The van der Waals surface area contributed by atoms with Crippen molar-refractivity contribution in [2.75, 3.05) is 6.54 Å². The molecule has 1 aromatic heterocycles. The minimum Gasteiger partial charge on any atom is -0.389 e. The summed E-state index contributed by atoms with van der Waals surface area (Å²) in [5, 5.41) is 18.0. The normalized spacial score (nSPS) is 19.5. The average Bonchev–Trinajstić information content (AvgIpc) is 2.58. The molecule has 4 heteroatoms. The van der Waals surface area contributed by atoms with Gasteiger partial charge in [-0.3, -0.25) is 4.68 Å². The lowest BCUT2D eigenvalue weighted by Gasteiger charge is -2.32. The van der Waals surface area contributed by atoms with Gasteiger partial charge in [0.2, 0.25) is 0 Å². The summed E-state index contributed by atoms with van der Waals surface area (Å²) in [5.74, 6) is 0. The molecule has 1 saturated carbocycles. The van der Waals surface area contributed by atoms with Gasteiger partial charge in [-0.05, 0) is 25.8 Å². The Kier molecular flexibility index (Phi) is 3.84. The van der Waals surface area contributed by atoms with Crippen molar-refractivity contribution in [3.8, 4) is 0 Å². The van der Waals surface area contributed by atoms with E-state index in [4.69, 9.17) is 0 Å². The Labute approximate surface area is 103 Å². The van der Waals surface area contributed by atoms with Crippen molar-refractivity contribution in [3.63, 3.8) is 0 Å². The van der Waals surface area contributed by atoms with E-state index in [1.165, 1.54) is 12.1 Å². The van der Waals surface area contributed by atoms with Crippen LogP contribution in [0.1, 0.15) is 43.5 Å². The highest BCUT2D eigenvalue weighted by Gasteiger charge is 2.28. The molecule has 0 spiro atoms. The molecule has 4 nitrogen and oxygen atoms in total. The van der Waals surface area contributed by atoms with Gasteiger partial charge >= 0.3 is 0 Å². The van der Waals surface area contributed by atoms with Crippen LogP contribution in [0.4, 0.5) is 0 Å².